The van der Waals surface area contributed by atoms with Gasteiger partial charge in [0.2, 0.25) is 0 Å². The number of benzene rings is 2. The van der Waals surface area contributed by atoms with E-state index in [0.717, 1.165) is 10.5 Å². The number of nitrogens with zero attached hydrogens (tertiary/aromatic N) is 1. The summed E-state index contributed by atoms with van der Waals surface area (Å²) < 4.78 is 0. The van der Waals surface area contributed by atoms with Crippen LogP contribution in [0.4, 0.5) is 5.69 Å². The highest BCUT2D eigenvalue weighted by atomic mass is 35.5. The third-order valence-electron chi connectivity index (χ3n) is 3.16. The summed E-state index contributed by atoms with van der Waals surface area (Å²) in [5, 5.41) is 0.311. The Bertz CT molecular complexity index is 692. The lowest BCUT2D eigenvalue weighted by atomic mass is 10.1. The second kappa shape index (κ2) is 4.21. The van der Waals surface area contributed by atoms with Crippen LogP contribution in [0.2, 0.25) is 5.02 Å². The zero-order chi connectivity index (χ0) is 13.6. The Kier molecular flexibility index (Phi) is 2.64. The third-order valence-corrected chi connectivity index (χ3v) is 3.47. The summed E-state index contributed by atoms with van der Waals surface area (Å²) in [6, 6.07) is 12.1. The van der Waals surface area contributed by atoms with Gasteiger partial charge >= 0.3 is 0 Å². The van der Waals surface area contributed by atoms with Crippen LogP contribution in [0.3, 0.4) is 0 Å². The maximum atomic E-state index is 12.3. The average Bonchev–Trinajstić information content (AvgIpc) is 2.65. The molecule has 0 saturated carbocycles. The van der Waals surface area contributed by atoms with E-state index < -0.39 is 0 Å². The van der Waals surface area contributed by atoms with Gasteiger partial charge in [0.05, 0.1) is 21.8 Å². The number of aryl methyl sites for hydroxylation is 1. The molecule has 0 aliphatic carbocycles. The SMILES string of the molecule is Cc1ccc(N2C(=O)c3cccc(Cl)c3C2=O)cc1. The first-order valence-electron chi connectivity index (χ1n) is 5.83. The molecule has 0 bridgehead atoms. The summed E-state index contributed by atoms with van der Waals surface area (Å²) in [5.41, 5.74) is 2.28. The molecule has 1 aliphatic heterocycles. The summed E-state index contributed by atoms with van der Waals surface area (Å²) >= 11 is 6.01. The zero-order valence-electron chi connectivity index (χ0n) is 10.2. The monoisotopic (exact) mass is 271 g/mol. The minimum absolute atomic E-state index is 0.287. The fourth-order valence-corrected chi connectivity index (χ4v) is 2.43. The normalized spacial score (nSPS) is 13.9. The molecular weight excluding hydrogens is 262 g/mol. The van der Waals surface area contributed by atoms with Crippen LogP contribution in [-0.4, -0.2) is 11.8 Å². The van der Waals surface area contributed by atoms with E-state index in [4.69, 9.17) is 11.6 Å². The molecule has 0 aromatic heterocycles. The van der Waals surface area contributed by atoms with Crippen molar-refractivity contribution >= 4 is 29.1 Å². The van der Waals surface area contributed by atoms with E-state index in [9.17, 15) is 9.59 Å². The van der Waals surface area contributed by atoms with Crippen molar-refractivity contribution in [3.8, 4) is 0 Å². The number of carbonyl (C=O) groups excluding carboxylic acids is 2. The number of carbonyl (C=O) groups is 2. The van der Waals surface area contributed by atoms with Crippen molar-refractivity contribution in [2.45, 2.75) is 6.92 Å². The van der Waals surface area contributed by atoms with Gasteiger partial charge in [-0.1, -0.05) is 35.4 Å². The van der Waals surface area contributed by atoms with E-state index in [1.54, 1.807) is 30.3 Å². The molecule has 0 fully saturated rings. The molecule has 0 spiro atoms. The zero-order valence-corrected chi connectivity index (χ0v) is 10.9. The quantitative estimate of drug-likeness (QED) is 0.745. The van der Waals surface area contributed by atoms with Crippen molar-refractivity contribution in [3.05, 3.63) is 64.2 Å². The first kappa shape index (κ1) is 11.9. The van der Waals surface area contributed by atoms with Crippen LogP contribution in [0.25, 0.3) is 0 Å². The molecule has 3 rings (SSSR count). The van der Waals surface area contributed by atoms with Gasteiger partial charge in [-0.25, -0.2) is 4.90 Å². The summed E-state index contributed by atoms with van der Waals surface area (Å²) in [6.45, 7) is 1.95. The van der Waals surface area contributed by atoms with Gasteiger partial charge in [0.1, 0.15) is 0 Å². The largest absolute Gasteiger partial charge is 0.268 e. The van der Waals surface area contributed by atoms with E-state index in [1.165, 1.54) is 0 Å². The lowest BCUT2D eigenvalue weighted by Gasteiger charge is -2.13. The molecule has 2 aromatic rings. The van der Waals surface area contributed by atoms with Gasteiger partial charge in [-0.05, 0) is 31.2 Å². The van der Waals surface area contributed by atoms with Gasteiger partial charge in [-0.3, -0.25) is 9.59 Å². The van der Waals surface area contributed by atoms with Gasteiger partial charge in [0.15, 0.2) is 0 Å². The standard InChI is InChI=1S/C15H10ClNO2/c1-9-5-7-10(8-6-9)17-14(18)11-3-2-4-12(16)13(11)15(17)19/h2-8H,1H3. The van der Waals surface area contributed by atoms with Crippen molar-refractivity contribution in [2.75, 3.05) is 4.90 Å². The van der Waals surface area contributed by atoms with Crippen molar-refractivity contribution in [2.24, 2.45) is 0 Å². The molecule has 1 heterocycles. The summed E-state index contributed by atoms with van der Waals surface area (Å²) in [5.74, 6) is -0.694. The maximum Gasteiger partial charge on any atom is 0.267 e. The minimum atomic E-state index is -0.366. The number of anilines is 1. The molecule has 4 heteroatoms. The van der Waals surface area contributed by atoms with Gasteiger partial charge in [0, 0.05) is 0 Å². The Morgan fingerprint density at radius 1 is 0.947 bits per heavy atom. The predicted molar refractivity (Wildman–Crippen MR) is 73.8 cm³/mol. The highest BCUT2D eigenvalue weighted by Crippen LogP contribution is 2.32. The van der Waals surface area contributed by atoms with Crippen LogP contribution in [-0.2, 0) is 0 Å². The second-order valence-corrected chi connectivity index (χ2v) is 4.85. The Morgan fingerprint density at radius 2 is 1.63 bits per heavy atom. The lowest BCUT2D eigenvalue weighted by Crippen LogP contribution is -2.29. The Morgan fingerprint density at radius 3 is 2.26 bits per heavy atom. The molecule has 2 aromatic carbocycles. The van der Waals surface area contributed by atoms with Crippen molar-refractivity contribution in [3.63, 3.8) is 0 Å². The maximum absolute atomic E-state index is 12.3. The molecule has 1 aliphatic rings. The van der Waals surface area contributed by atoms with Crippen molar-refractivity contribution in [1.82, 2.24) is 0 Å². The topological polar surface area (TPSA) is 37.4 Å². The molecule has 0 unspecified atom stereocenters. The first-order valence-corrected chi connectivity index (χ1v) is 6.21. The van der Waals surface area contributed by atoms with Gasteiger partial charge in [-0.2, -0.15) is 0 Å². The number of rotatable bonds is 1. The fraction of sp³-hybridized carbons (Fsp3) is 0.0667. The van der Waals surface area contributed by atoms with Crippen LogP contribution in [0, 0.1) is 6.92 Å². The smallest absolute Gasteiger partial charge is 0.267 e. The molecule has 19 heavy (non-hydrogen) atoms. The van der Waals surface area contributed by atoms with Crippen molar-refractivity contribution < 1.29 is 9.59 Å². The number of hydrogen-bond donors (Lipinski definition) is 0. The molecule has 0 saturated heterocycles. The number of halogens is 1. The molecule has 0 N–H and O–H groups in total. The van der Waals surface area contributed by atoms with Crippen LogP contribution in [0.15, 0.2) is 42.5 Å². The van der Waals surface area contributed by atoms with Crippen LogP contribution < -0.4 is 4.90 Å². The lowest BCUT2D eigenvalue weighted by molar-refractivity contribution is 0.0926. The van der Waals surface area contributed by atoms with E-state index in [-0.39, 0.29) is 17.4 Å². The van der Waals surface area contributed by atoms with Crippen molar-refractivity contribution in [1.29, 1.82) is 0 Å². The highest BCUT2D eigenvalue weighted by Gasteiger charge is 2.38. The summed E-state index contributed by atoms with van der Waals surface area (Å²) in [4.78, 5) is 25.8. The molecule has 3 nitrogen and oxygen atoms in total. The third kappa shape index (κ3) is 1.74. The summed E-state index contributed by atoms with van der Waals surface area (Å²) in [6.07, 6.45) is 0. The number of amides is 2. The van der Waals surface area contributed by atoms with Crippen LogP contribution in [0.5, 0.6) is 0 Å². The van der Waals surface area contributed by atoms with E-state index in [1.807, 2.05) is 19.1 Å². The fourth-order valence-electron chi connectivity index (χ4n) is 2.17. The number of imide groups is 1. The molecule has 0 radical (unpaired) electrons. The van der Waals surface area contributed by atoms with E-state index >= 15 is 0 Å². The first-order chi connectivity index (χ1) is 9.09. The predicted octanol–water partition coefficient (Wildman–Crippen LogP) is 3.45. The molecule has 94 valence electrons. The Balaban J connectivity index is 2.13. The number of fused-ring (bicyclic) bond motifs is 1. The van der Waals surface area contributed by atoms with E-state index in [2.05, 4.69) is 0 Å². The Labute approximate surface area is 115 Å². The molecule has 2 amide bonds. The minimum Gasteiger partial charge on any atom is -0.268 e. The Hall–Kier alpha value is -2.13. The summed E-state index contributed by atoms with van der Waals surface area (Å²) in [7, 11) is 0. The van der Waals surface area contributed by atoms with Crippen LogP contribution >= 0.6 is 11.6 Å². The highest BCUT2D eigenvalue weighted by molar-refractivity contribution is 6.42. The molecule has 0 atom stereocenters. The van der Waals surface area contributed by atoms with Gasteiger partial charge in [0.25, 0.3) is 11.8 Å². The second-order valence-electron chi connectivity index (χ2n) is 4.44. The van der Waals surface area contributed by atoms with E-state index in [0.29, 0.717) is 16.3 Å². The average molecular weight is 272 g/mol. The number of hydrogen-bond acceptors (Lipinski definition) is 2. The van der Waals surface area contributed by atoms with Gasteiger partial charge in [-0.15, -0.1) is 0 Å². The molecular formula is C15H10ClNO2. The van der Waals surface area contributed by atoms with Gasteiger partial charge < -0.3 is 0 Å². The van der Waals surface area contributed by atoms with Crippen LogP contribution in [0.1, 0.15) is 26.3 Å².